The van der Waals surface area contributed by atoms with Crippen molar-refractivity contribution in [3.8, 4) is 0 Å². The van der Waals surface area contributed by atoms with Crippen LogP contribution >= 0.6 is 0 Å². The van der Waals surface area contributed by atoms with Crippen molar-refractivity contribution in [3.63, 3.8) is 0 Å². The zero-order valence-corrected chi connectivity index (χ0v) is 8.33. The summed E-state index contributed by atoms with van der Waals surface area (Å²) in [6, 6.07) is 0. The Morgan fingerprint density at radius 2 is 1.91 bits per heavy atom. The Bertz CT molecular complexity index is 119. The van der Waals surface area contributed by atoms with Gasteiger partial charge in [0.25, 0.3) is 0 Å². The molecule has 0 aromatic rings. The molecule has 0 fully saturated rings. The van der Waals surface area contributed by atoms with Crippen LogP contribution in [-0.2, 0) is 0 Å². The van der Waals surface area contributed by atoms with E-state index in [-0.39, 0.29) is 0 Å². The van der Waals surface area contributed by atoms with Gasteiger partial charge in [0.1, 0.15) is 0 Å². The van der Waals surface area contributed by atoms with E-state index in [1.54, 1.807) is 0 Å². The first-order valence-electron chi connectivity index (χ1n) is 4.37. The monoisotopic (exact) mass is 155 g/mol. The van der Waals surface area contributed by atoms with Gasteiger partial charge in [-0.15, -0.1) is 0 Å². The molecule has 0 bridgehead atoms. The summed E-state index contributed by atoms with van der Waals surface area (Å²) >= 11 is 0. The van der Waals surface area contributed by atoms with E-state index < -0.39 is 0 Å². The highest BCUT2D eigenvalue weighted by Gasteiger charge is 2.09. The molecule has 1 N–H and O–H groups in total. The van der Waals surface area contributed by atoms with Crippen LogP contribution in [0.15, 0.2) is 12.3 Å². The first kappa shape index (κ1) is 10.5. The molecule has 0 aliphatic rings. The fourth-order valence-corrected chi connectivity index (χ4v) is 0.864. The van der Waals surface area contributed by atoms with E-state index in [2.05, 4.69) is 39.6 Å². The maximum absolute atomic E-state index is 3.94. The second kappa shape index (κ2) is 4.42. The molecule has 0 heterocycles. The van der Waals surface area contributed by atoms with Crippen LogP contribution in [0.3, 0.4) is 0 Å². The largest absolute Gasteiger partial charge is 0.389 e. The van der Waals surface area contributed by atoms with Gasteiger partial charge in [0, 0.05) is 12.2 Å². The van der Waals surface area contributed by atoms with Crippen molar-refractivity contribution in [2.24, 2.45) is 5.41 Å². The van der Waals surface area contributed by atoms with Crippen LogP contribution < -0.4 is 5.32 Å². The summed E-state index contributed by atoms with van der Waals surface area (Å²) in [5.41, 5.74) is 1.60. The molecule has 0 saturated heterocycles. The molecule has 0 aliphatic carbocycles. The molecule has 66 valence electrons. The summed E-state index contributed by atoms with van der Waals surface area (Å²) < 4.78 is 0. The van der Waals surface area contributed by atoms with Crippen molar-refractivity contribution in [2.75, 3.05) is 6.54 Å². The van der Waals surface area contributed by atoms with Crippen LogP contribution in [0.25, 0.3) is 0 Å². The van der Waals surface area contributed by atoms with E-state index in [0.29, 0.717) is 5.41 Å². The summed E-state index contributed by atoms with van der Waals surface area (Å²) in [7, 11) is 0. The van der Waals surface area contributed by atoms with E-state index in [1.165, 1.54) is 12.1 Å². The standard InChI is InChI=1S/C10H21N/c1-6-11-9(2)7-8-10(3,4)5/h11H,2,6-8H2,1,3-5H3. The van der Waals surface area contributed by atoms with Crippen LogP contribution in [0.2, 0.25) is 0 Å². The lowest BCUT2D eigenvalue weighted by molar-refractivity contribution is 0.374. The molecular formula is C10H21N. The lowest BCUT2D eigenvalue weighted by Gasteiger charge is -2.18. The van der Waals surface area contributed by atoms with Crippen LogP contribution in [0.1, 0.15) is 40.5 Å². The molecule has 0 amide bonds. The van der Waals surface area contributed by atoms with Crippen LogP contribution in [-0.4, -0.2) is 6.54 Å². The summed E-state index contributed by atoms with van der Waals surface area (Å²) in [5, 5.41) is 3.22. The molecule has 11 heavy (non-hydrogen) atoms. The normalized spacial score (nSPS) is 11.3. The average molecular weight is 155 g/mol. The van der Waals surface area contributed by atoms with Gasteiger partial charge in [-0.2, -0.15) is 0 Å². The van der Waals surface area contributed by atoms with E-state index in [4.69, 9.17) is 0 Å². The van der Waals surface area contributed by atoms with Gasteiger partial charge in [-0.1, -0.05) is 27.4 Å². The Hall–Kier alpha value is -0.460. The number of hydrogen-bond donors (Lipinski definition) is 1. The first-order chi connectivity index (χ1) is 4.95. The van der Waals surface area contributed by atoms with Crippen LogP contribution in [0.4, 0.5) is 0 Å². The smallest absolute Gasteiger partial charge is 0.0115 e. The number of nitrogens with one attached hydrogen (secondary N) is 1. The average Bonchev–Trinajstić information content (AvgIpc) is 1.83. The Kier molecular flexibility index (Phi) is 4.24. The molecule has 0 aromatic carbocycles. The highest BCUT2D eigenvalue weighted by Crippen LogP contribution is 2.21. The van der Waals surface area contributed by atoms with Gasteiger partial charge in [0.05, 0.1) is 0 Å². The minimum Gasteiger partial charge on any atom is -0.389 e. The molecule has 0 spiro atoms. The van der Waals surface area contributed by atoms with E-state index in [9.17, 15) is 0 Å². The summed E-state index contributed by atoms with van der Waals surface area (Å²) in [4.78, 5) is 0. The molecule has 0 saturated carbocycles. The molecule has 0 rings (SSSR count). The SMILES string of the molecule is C=C(CCC(C)(C)C)NCC. The molecule has 1 nitrogen and oxygen atoms in total. The highest BCUT2D eigenvalue weighted by molar-refractivity contribution is 4.91. The zero-order chi connectivity index (χ0) is 8.91. The molecular weight excluding hydrogens is 134 g/mol. The van der Waals surface area contributed by atoms with Gasteiger partial charge in [-0.05, 0) is 25.2 Å². The van der Waals surface area contributed by atoms with Crippen molar-refractivity contribution in [1.82, 2.24) is 5.32 Å². The van der Waals surface area contributed by atoms with Crippen molar-refractivity contribution < 1.29 is 0 Å². The quantitative estimate of drug-likeness (QED) is 0.658. The molecule has 0 radical (unpaired) electrons. The molecule has 0 aromatic heterocycles. The fraction of sp³-hybridized carbons (Fsp3) is 0.800. The third-order valence-electron chi connectivity index (χ3n) is 1.60. The summed E-state index contributed by atoms with van der Waals surface area (Å²) in [6.07, 6.45) is 2.30. The fourth-order valence-electron chi connectivity index (χ4n) is 0.864. The van der Waals surface area contributed by atoms with Gasteiger partial charge in [0.15, 0.2) is 0 Å². The maximum Gasteiger partial charge on any atom is 0.0115 e. The first-order valence-corrected chi connectivity index (χ1v) is 4.37. The van der Waals surface area contributed by atoms with Crippen molar-refractivity contribution in [3.05, 3.63) is 12.3 Å². The van der Waals surface area contributed by atoms with E-state index in [1.807, 2.05) is 0 Å². The summed E-state index contributed by atoms with van der Waals surface area (Å²) in [6.45, 7) is 13.8. The topological polar surface area (TPSA) is 12.0 Å². The molecule has 0 unspecified atom stereocenters. The van der Waals surface area contributed by atoms with Gasteiger partial charge in [0.2, 0.25) is 0 Å². The van der Waals surface area contributed by atoms with Gasteiger partial charge < -0.3 is 5.32 Å². The van der Waals surface area contributed by atoms with E-state index in [0.717, 1.165) is 13.0 Å². The Balaban J connectivity index is 3.46. The lowest BCUT2D eigenvalue weighted by atomic mass is 9.90. The molecule has 0 aliphatic heterocycles. The predicted molar refractivity (Wildman–Crippen MR) is 51.5 cm³/mol. The van der Waals surface area contributed by atoms with Gasteiger partial charge in [-0.3, -0.25) is 0 Å². The van der Waals surface area contributed by atoms with Crippen LogP contribution in [0, 0.1) is 5.41 Å². The number of rotatable bonds is 4. The Morgan fingerprint density at radius 3 is 2.27 bits per heavy atom. The third-order valence-corrected chi connectivity index (χ3v) is 1.60. The minimum atomic E-state index is 0.429. The second-order valence-corrected chi connectivity index (χ2v) is 4.19. The molecule has 1 heteroatoms. The zero-order valence-electron chi connectivity index (χ0n) is 8.33. The Morgan fingerprint density at radius 1 is 1.36 bits per heavy atom. The third kappa shape index (κ3) is 7.44. The number of allylic oxidation sites excluding steroid dienone is 1. The van der Waals surface area contributed by atoms with Gasteiger partial charge >= 0.3 is 0 Å². The van der Waals surface area contributed by atoms with E-state index >= 15 is 0 Å². The highest BCUT2D eigenvalue weighted by atomic mass is 14.9. The number of hydrogen-bond acceptors (Lipinski definition) is 1. The van der Waals surface area contributed by atoms with Crippen LogP contribution in [0.5, 0.6) is 0 Å². The summed E-state index contributed by atoms with van der Waals surface area (Å²) in [5.74, 6) is 0. The predicted octanol–water partition coefficient (Wildman–Crippen LogP) is 2.94. The van der Waals surface area contributed by atoms with Crippen molar-refractivity contribution >= 4 is 0 Å². The molecule has 0 atom stereocenters. The minimum absolute atomic E-state index is 0.429. The van der Waals surface area contributed by atoms with Crippen molar-refractivity contribution in [1.29, 1.82) is 0 Å². The lowest BCUT2D eigenvalue weighted by Crippen LogP contribution is -2.13. The van der Waals surface area contributed by atoms with Gasteiger partial charge in [-0.25, -0.2) is 0 Å². The van der Waals surface area contributed by atoms with Crippen molar-refractivity contribution in [2.45, 2.75) is 40.5 Å². The maximum atomic E-state index is 3.94. The second-order valence-electron chi connectivity index (χ2n) is 4.19. The Labute approximate surface area is 70.9 Å².